The fourth-order valence-electron chi connectivity index (χ4n) is 4.21. The SMILES string of the molecule is C=C[C@H]1[C@H](O[C@H]2O[C@H](CO)[C@@H](O)[C@H](O)[C@H]2OC(=O)/C=C/c2ccc(O)c(O)c2)OC=C(C(=O)O)[C@H]1CCO. The number of phenols is 2. The average Bonchev–Trinajstić information content (AvgIpc) is 2.89. The molecule has 2 heterocycles. The van der Waals surface area contributed by atoms with Crippen molar-refractivity contribution < 1.29 is 64.3 Å². The van der Waals surface area contributed by atoms with E-state index in [1.807, 2.05) is 0 Å². The van der Waals surface area contributed by atoms with Crippen LogP contribution < -0.4 is 0 Å². The number of aliphatic carboxylic acids is 1. The average molecular weight is 539 g/mol. The summed E-state index contributed by atoms with van der Waals surface area (Å²) in [5.74, 6) is -4.59. The van der Waals surface area contributed by atoms with Gasteiger partial charge < -0.3 is 54.7 Å². The lowest BCUT2D eigenvalue weighted by Gasteiger charge is -2.44. The van der Waals surface area contributed by atoms with Crippen LogP contribution >= 0.6 is 0 Å². The summed E-state index contributed by atoms with van der Waals surface area (Å²) in [6.07, 6.45) is -4.59. The van der Waals surface area contributed by atoms with Crippen LogP contribution in [0.1, 0.15) is 12.0 Å². The summed E-state index contributed by atoms with van der Waals surface area (Å²) >= 11 is 0. The molecule has 1 saturated heterocycles. The van der Waals surface area contributed by atoms with Gasteiger partial charge in [0.05, 0.1) is 18.4 Å². The number of esters is 1. The molecule has 1 aromatic rings. The van der Waals surface area contributed by atoms with Crippen LogP contribution in [0, 0.1) is 11.8 Å². The van der Waals surface area contributed by atoms with Gasteiger partial charge in [0.25, 0.3) is 0 Å². The molecule has 208 valence electrons. The van der Waals surface area contributed by atoms with Crippen molar-refractivity contribution in [1.29, 1.82) is 0 Å². The number of carbonyl (C=O) groups excluding carboxylic acids is 1. The molecule has 13 nitrogen and oxygen atoms in total. The van der Waals surface area contributed by atoms with Crippen LogP contribution in [0.2, 0.25) is 0 Å². The highest BCUT2D eigenvalue weighted by Gasteiger charge is 2.49. The quantitative estimate of drug-likeness (QED) is 0.0876. The smallest absolute Gasteiger partial charge is 0.334 e. The maximum atomic E-state index is 12.5. The number of hydrogen-bond donors (Lipinski definition) is 7. The molecule has 0 spiro atoms. The topological polar surface area (TPSA) is 213 Å². The Morgan fingerprint density at radius 1 is 1.08 bits per heavy atom. The number of rotatable bonds is 10. The molecule has 2 aliphatic rings. The molecular weight excluding hydrogens is 508 g/mol. The largest absolute Gasteiger partial charge is 0.504 e. The maximum Gasteiger partial charge on any atom is 0.334 e. The van der Waals surface area contributed by atoms with E-state index < -0.39 is 73.1 Å². The Labute approximate surface area is 217 Å². The van der Waals surface area contributed by atoms with Crippen molar-refractivity contribution in [3.05, 3.63) is 54.3 Å². The normalized spacial score (nSPS) is 31.3. The summed E-state index contributed by atoms with van der Waals surface area (Å²) in [7, 11) is 0. The van der Waals surface area contributed by atoms with Crippen molar-refractivity contribution in [2.45, 2.75) is 43.4 Å². The molecular formula is C25H30O13. The second-order valence-corrected chi connectivity index (χ2v) is 8.64. The third kappa shape index (κ3) is 6.51. The predicted molar refractivity (Wildman–Crippen MR) is 127 cm³/mol. The maximum absolute atomic E-state index is 12.5. The molecule has 8 atom stereocenters. The van der Waals surface area contributed by atoms with Crippen molar-refractivity contribution in [2.24, 2.45) is 11.8 Å². The fourth-order valence-corrected chi connectivity index (χ4v) is 4.21. The van der Waals surface area contributed by atoms with Crippen LogP contribution in [0.5, 0.6) is 11.5 Å². The molecule has 0 bridgehead atoms. The van der Waals surface area contributed by atoms with Crippen LogP contribution in [-0.4, -0.2) is 97.9 Å². The first-order valence-electron chi connectivity index (χ1n) is 11.6. The highest BCUT2D eigenvalue weighted by atomic mass is 16.8. The van der Waals surface area contributed by atoms with Crippen LogP contribution in [0.3, 0.4) is 0 Å². The minimum Gasteiger partial charge on any atom is -0.504 e. The van der Waals surface area contributed by atoms with Gasteiger partial charge in [0.2, 0.25) is 12.6 Å². The van der Waals surface area contributed by atoms with Crippen molar-refractivity contribution >= 4 is 18.0 Å². The van der Waals surface area contributed by atoms with Crippen LogP contribution in [0.4, 0.5) is 0 Å². The molecule has 0 unspecified atom stereocenters. The standard InChI is InChI=1S/C25H30O13/c1-2-13-14(7-8-26)15(23(33)34)11-35-24(13)38-25-22(21(32)20(31)18(10-27)36-25)37-19(30)6-4-12-3-5-16(28)17(29)9-12/h2-6,9,11,13-14,18,20-22,24-29,31-32H,1,7-8,10H2,(H,33,34)/b6-4+/t13-,14+,18-,20-,21+,22-,24+,25-/m1/s1. The number of aliphatic hydroxyl groups excluding tert-OH is 4. The summed E-state index contributed by atoms with van der Waals surface area (Å²) in [5.41, 5.74) is 0.219. The second-order valence-electron chi connectivity index (χ2n) is 8.64. The Balaban J connectivity index is 1.82. The zero-order chi connectivity index (χ0) is 28.0. The number of carbonyl (C=O) groups is 2. The number of aromatic hydroxyl groups is 2. The molecule has 1 fully saturated rings. The van der Waals surface area contributed by atoms with Gasteiger partial charge in [-0.2, -0.15) is 0 Å². The van der Waals surface area contributed by atoms with Gasteiger partial charge in [0.15, 0.2) is 17.6 Å². The number of carboxylic acid groups (broad SMARTS) is 1. The van der Waals surface area contributed by atoms with E-state index in [0.29, 0.717) is 5.56 Å². The van der Waals surface area contributed by atoms with Crippen molar-refractivity contribution in [2.75, 3.05) is 13.2 Å². The summed E-state index contributed by atoms with van der Waals surface area (Å²) in [6, 6.07) is 3.82. The molecule has 0 radical (unpaired) electrons. The van der Waals surface area contributed by atoms with Crippen molar-refractivity contribution in [1.82, 2.24) is 0 Å². The van der Waals surface area contributed by atoms with Crippen LogP contribution in [-0.2, 0) is 28.5 Å². The van der Waals surface area contributed by atoms with E-state index in [4.69, 9.17) is 18.9 Å². The van der Waals surface area contributed by atoms with E-state index in [9.17, 15) is 45.3 Å². The first-order valence-corrected chi connectivity index (χ1v) is 11.6. The molecule has 0 saturated carbocycles. The molecule has 3 rings (SSSR count). The zero-order valence-corrected chi connectivity index (χ0v) is 20.1. The first-order chi connectivity index (χ1) is 18.1. The van der Waals surface area contributed by atoms with E-state index in [0.717, 1.165) is 12.3 Å². The van der Waals surface area contributed by atoms with Gasteiger partial charge >= 0.3 is 11.9 Å². The minimum absolute atomic E-state index is 0.0419. The Hall–Kier alpha value is -3.46. The van der Waals surface area contributed by atoms with Gasteiger partial charge in [-0.3, -0.25) is 0 Å². The Kier molecular flexibility index (Phi) is 9.85. The van der Waals surface area contributed by atoms with Crippen molar-refractivity contribution in [3.63, 3.8) is 0 Å². The van der Waals surface area contributed by atoms with E-state index in [-0.39, 0.29) is 24.4 Å². The highest BCUT2D eigenvalue weighted by molar-refractivity contribution is 5.87. The lowest BCUT2D eigenvalue weighted by atomic mass is 9.82. The molecule has 13 heteroatoms. The number of ether oxygens (including phenoxy) is 4. The van der Waals surface area contributed by atoms with Gasteiger partial charge in [-0.1, -0.05) is 12.1 Å². The van der Waals surface area contributed by atoms with E-state index in [2.05, 4.69) is 6.58 Å². The molecule has 0 aliphatic carbocycles. The lowest BCUT2D eigenvalue weighted by molar-refractivity contribution is -0.340. The summed E-state index contributed by atoms with van der Waals surface area (Å²) in [6.45, 7) is 2.63. The monoisotopic (exact) mass is 538 g/mol. The molecule has 38 heavy (non-hydrogen) atoms. The van der Waals surface area contributed by atoms with Gasteiger partial charge in [-0.15, -0.1) is 6.58 Å². The second kappa shape index (κ2) is 12.9. The third-order valence-corrected chi connectivity index (χ3v) is 6.22. The van der Waals surface area contributed by atoms with Crippen LogP contribution in [0.15, 0.2) is 48.8 Å². The van der Waals surface area contributed by atoms with E-state index in [1.165, 1.54) is 30.4 Å². The van der Waals surface area contributed by atoms with Gasteiger partial charge in [-0.25, -0.2) is 9.59 Å². The molecule has 7 N–H and O–H groups in total. The van der Waals surface area contributed by atoms with Gasteiger partial charge in [-0.05, 0) is 30.2 Å². The van der Waals surface area contributed by atoms with Crippen molar-refractivity contribution in [3.8, 4) is 11.5 Å². The Bertz CT molecular complexity index is 1070. The number of hydrogen-bond acceptors (Lipinski definition) is 12. The molecule has 1 aromatic carbocycles. The van der Waals surface area contributed by atoms with E-state index in [1.54, 1.807) is 0 Å². The predicted octanol–water partition coefficient (Wildman–Crippen LogP) is -0.396. The van der Waals surface area contributed by atoms with Gasteiger partial charge in [0, 0.05) is 24.5 Å². The number of aliphatic hydroxyl groups is 4. The Morgan fingerprint density at radius 3 is 2.42 bits per heavy atom. The Morgan fingerprint density at radius 2 is 1.82 bits per heavy atom. The summed E-state index contributed by atoms with van der Waals surface area (Å²) in [5, 5.41) is 68.4. The minimum atomic E-state index is -1.76. The van der Waals surface area contributed by atoms with Crippen LogP contribution in [0.25, 0.3) is 6.08 Å². The summed E-state index contributed by atoms with van der Waals surface area (Å²) in [4.78, 5) is 24.2. The third-order valence-electron chi connectivity index (χ3n) is 6.22. The highest BCUT2D eigenvalue weighted by Crippen LogP contribution is 2.37. The molecule has 0 aromatic heterocycles. The lowest BCUT2D eigenvalue weighted by Crippen LogP contribution is -2.61. The fraction of sp³-hybridized carbons (Fsp3) is 0.440. The van der Waals surface area contributed by atoms with Gasteiger partial charge in [0.1, 0.15) is 18.3 Å². The summed E-state index contributed by atoms with van der Waals surface area (Å²) < 4.78 is 22.1. The number of phenolic OH excluding ortho intramolecular Hbond substituents is 2. The number of carboxylic acids is 1. The molecule has 2 aliphatic heterocycles. The first kappa shape index (κ1) is 29.1. The zero-order valence-electron chi connectivity index (χ0n) is 20.1. The van der Waals surface area contributed by atoms with E-state index >= 15 is 0 Å². The number of benzene rings is 1. The molecule has 0 amide bonds.